The Morgan fingerprint density at radius 2 is 1.63 bits per heavy atom. The van der Waals surface area contributed by atoms with Gasteiger partial charge >= 0.3 is 0 Å². The first-order valence-corrected chi connectivity index (χ1v) is 10.4. The number of benzene rings is 2. The Kier molecular flexibility index (Phi) is 7.18. The Morgan fingerprint density at radius 3 is 2.33 bits per heavy atom. The fourth-order valence-corrected chi connectivity index (χ4v) is 3.83. The molecule has 0 radical (unpaired) electrons. The van der Waals surface area contributed by atoms with E-state index in [1.807, 2.05) is 39.0 Å². The zero-order valence-corrected chi connectivity index (χ0v) is 17.8. The van der Waals surface area contributed by atoms with Gasteiger partial charge in [-0.1, -0.05) is 24.3 Å². The van der Waals surface area contributed by atoms with E-state index in [1.54, 1.807) is 18.2 Å². The highest BCUT2D eigenvalue weighted by molar-refractivity contribution is 5.93. The minimum absolute atomic E-state index is 0.00694. The molecule has 0 saturated carbocycles. The molecule has 2 aromatic carbocycles. The number of piperazine rings is 1. The van der Waals surface area contributed by atoms with Crippen LogP contribution in [-0.4, -0.2) is 50.6 Å². The molecule has 7 heteroatoms. The molecule has 1 aliphatic heterocycles. The number of amides is 2. The van der Waals surface area contributed by atoms with Crippen molar-refractivity contribution in [3.05, 3.63) is 59.4 Å². The Morgan fingerprint density at radius 1 is 0.967 bits per heavy atom. The summed E-state index contributed by atoms with van der Waals surface area (Å²) in [7, 11) is 0. The summed E-state index contributed by atoms with van der Waals surface area (Å²) in [5.41, 5.74) is 3.31. The van der Waals surface area contributed by atoms with Crippen LogP contribution in [0.2, 0.25) is 0 Å². The molecule has 3 rings (SSSR count). The molecule has 30 heavy (non-hydrogen) atoms. The van der Waals surface area contributed by atoms with Gasteiger partial charge in [-0.2, -0.15) is 0 Å². The maximum atomic E-state index is 13.8. The summed E-state index contributed by atoms with van der Waals surface area (Å²) in [4.78, 5) is 27.3. The van der Waals surface area contributed by atoms with Crippen molar-refractivity contribution < 1.29 is 23.8 Å². The molecule has 1 fully saturated rings. The first-order valence-electron chi connectivity index (χ1n) is 10.4. The summed E-state index contributed by atoms with van der Waals surface area (Å²) in [6.07, 6.45) is 0. The largest absolute Gasteiger partial charge is 0.321 e. The molecule has 0 unspecified atom stereocenters. The third-order valence-corrected chi connectivity index (χ3v) is 6.03. The number of halogens is 1. The minimum Gasteiger partial charge on any atom is -0.321 e. The number of carbonyl (C=O) groups excluding carboxylic acids is 2. The highest BCUT2D eigenvalue weighted by Gasteiger charge is 2.32. The SMILES string of the molecule is Cc1cccc(NC(=O)C[NH+]2CC[NH+]([C@@H](C)C(=O)Nc3ccccc3F)CC2)c1C. The standard InChI is InChI=1S/C23H29FN4O2/c1-16-7-6-10-20(17(16)2)25-22(29)15-27-11-13-28(14-12-27)18(3)23(30)26-21-9-5-4-8-19(21)24/h4-10,18H,11-15H2,1-3H3,(H,25,29)(H,26,30)/p+2/t18-/m0/s1. The fraction of sp³-hybridized carbons (Fsp3) is 0.391. The monoisotopic (exact) mass is 414 g/mol. The molecule has 2 amide bonds. The molecule has 1 saturated heterocycles. The minimum atomic E-state index is -0.433. The van der Waals surface area contributed by atoms with Crippen molar-refractivity contribution in [2.24, 2.45) is 0 Å². The van der Waals surface area contributed by atoms with Crippen LogP contribution in [0.5, 0.6) is 0 Å². The smallest absolute Gasteiger partial charge is 0.282 e. The van der Waals surface area contributed by atoms with E-state index in [4.69, 9.17) is 0 Å². The van der Waals surface area contributed by atoms with Crippen LogP contribution in [0.1, 0.15) is 18.1 Å². The number of hydrogen-bond acceptors (Lipinski definition) is 2. The van der Waals surface area contributed by atoms with Crippen LogP contribution < -0.4 is 20.4 Å². The van der Waals surface area contributed by atoms with Gasteiger partial charge in [0.05, 0.1) is 5.69 Å². The van der Waals surface area contributed by atoms with Crippen LogP contribution in [-0.2, 0) is 9.59 Å². The van der Waals surface area contributed by atoms with Gasteiger partial charge in [-0.3, -0.25) is 9.59 Å². The Bertz CT molecular complexity index is 910. The molecular weight excluding hydrogens is 383 g/mol. The lowest BCUT2D eigenvalue weighted by Crippen LogP contribution is -3.30. The number of carbonyl (C=O) groups is 2. The Balaban J connectivity index is 1.47. The van der Waals surface area contributed by atoms with Gasteiger partial charge < -0.3 is 20.4 Å². The molecule has 2 aromatic rings. The summed E-state index contributed by atoms with van der Waals surface area (Å²) >= 11 is 0. The van der Waals surface area contributed by atoms with Crippen molar-refractivity contribution in [2.45, 2.75) is 26.8 Å². The van der Waals surface area contributed by atoms with Crippen molar-refractivity contribution in [3.8, 4) is 0 Å². The molecule has 0 aliphatic carbocycles. The van der Waals surface area contributed by atoms with Crippen LogP contribution in [0, 0.1) is 19.7 Å². The van der Waals surface area contributed by atoms with E-state index in [9.17, 15) is 14.0 Å². The summed E-state index contributed by atoms with van der Waals surface area (Å²) in [6.45, 7) is 9.52. The first-order chi connectivity index (χ1) is 14.3. The zero-order valence-electron chi connectivity index (χ0n) is 17.8. The quantitative estimate of drug-likeness (QED) is 0.545. The topological polar surface area (TPSA) is 67.1 Å². The highest BCUT2D eigenvalue weighted by atomic mass is 19.1. The van der Waals surface area contributed by atoms with E-state index in [2.05, 4.69) is 10.6 Å². The summed E-state index contributed by atoms with van der Waals surface area (Å²) in [5, 5.41) is 5.70. The lowest BCUT2D eigenvalue weighted by atomic mass is 10.1. The van der Waals surface area contributed by atoms with E-state index in [1.165, 1.54) is 11.0 Å². The second-order valence-corrected chi connectivity index (χ2v) is 8.07. The van der Waals surface area contributed by atoms with Gasteiger partial charge in [0.15, 0.2) is 12.6 Å². The van der Waals surface area contributed by atoms with Crippen LogP contribution >= 0.6 is 0 Å². The van der Waals surface area contributed by atoms with Gasteiger partial charge in [0.1, 0.15) is 32.0 Å². The molecule has 0 bridgehead atoms. The summed E-state index contributed by atoms with van der Waals surface area (Å²) in [6, 6.07) is 11.8. The third kappa shape index (κ3) is 5.43. The number of quaternary nitrogens is 2. The van der Waals surface area contributed by atoms with Crippen LogP contribution in [0.25, 0.3) is 0 Å². The molecule has 0 spiro atoms. The van der Waals surface area contributed by atoms with Crippen LogP contribution in [0.3, 0.4) is 0 Å². The van der Waals surface area contributed by atoms with Crippen molar-refractivity contribution in [2.75, 3.05) is 43.4 Å². The molecule has 4 N–H and O–H groups in total. The van der Waals surface area contributed by atoms with E-state index in [-0.39, 0.29) is 23.5 Å². The van der Waals surface area contributed by atoms with Gasteiger partial charge in [-0.25, -0.2) is 4.39 Å². The lowest BCUT2D eigenvalue weighted by molar-refractivity contribution is -1.01. The van der Waals surface area contributed by atoms with Crippen LogP contribution in [0.15, 0.2) is 42.5 Å². The van der Waals surface area contributed by atoms with Gasteiger partial charge in [0, 0.05) is 5.69 Å². The van der Waals surface area contributed by atoms with Gasteiger partial charge in [-0.15, -0.1) is 0 Å². The van der Waals surface area contributed by atoms with E-state index in [0.717, 1.165) is 47.9 Å². The number of para-hydroxylation sites is 1. The predicted molar refractivity (Wildman–Crippen MR) is 115 cm³/mol. The second kappa shape index (κ2) is 9.82. The van der Waals surface area contributed by atoms with E-state index >= 15 is 0 Å². The first kappa shape index (κ1) is 21.9. The number of hydrogen-bond donors (Lipinski definition) is 4. The zero-order chi connectivity index (χ0) is 21.7. The Labute approximate surface area is 177 Å². The molecule has 1 heterocycles. The van der Waals surface area contributed by atoms with Gasteiger partial charge in [0.25, 0.3) is 11.8 Å². The normalized spacial score (nSPS) is 19.7. The number of rotatable bonds is 6. The maximum Gasteiger partial charge on any atom is 0.282 e. The molecule has 6 nitrogen and oxygen atoms in total. The van der Waals surface area contributed by atoms with Crippen molar-refractivity contribution in [1.82, 2.24) is 0 Å². The number of aryl methyl sites for hydroxylation is 1. The molecule has 0 aromatic heterocycles. The predicted octanol–water partition coefficient (Wildman–Crippen LogP) is 0.192. The Hall–Kier alpha value is -2.77. The highest BCUT2D eigenvalue weighted by Crippen LogP contribution is 2.17. The van der Waals surface area contributed by atoms with Crippen molar-refractivity contribution in [3.63, 3.8) is 0 Å². The molecule has 1 aliphatic rings. The fourth-order valence-electron chi connectivity index (χ4n) is 3.83. The summed E-state index contributed by atoms with van der Waals surface area (Å²) < 4.78 is 13.8. The molecule has 160 valence electrons. The summed E-state index contributed by atoms with van der Waals surface area (Å²) in [5.74, 6) is -0.615. The third-order valence-electron chi connectivity index (χ3n) is 6.03. The van der Waals surface area contributed by atoms with Crippen molar-refractivity contribution in [1.29, 1.82) is 0 Å². The number of nitrogens with one attached hydrogen (secondary N) is 4. The van der Waals surface area contributed by atoms with E-state index < -0.39 is 5.82 Å². The average molecular weight is 415 g/mol. The second-order valence-electron chi connectivity index (χ2n) is 8.07. The van der Waals surface area contributed by atoms with E-state index in [0.29, 0.717) is 6.54 Å². The van der Waals surface area contributed by atoms with Crippen molar-refractivity contribution >= 4 is 23.2 Å². The van der Waals surface area contributed by atoms with Gasteiger partial charge in [0.2, 0.25) is 0 Å². The van der Waals surface area contributed by atoms with Crippen LogP contribution in [0.4, 0.5) is 15.8 Å². The average Bonchev–Trinajstić information content (AvgIpc) is 2.73. The van der Waals surface area contributed by atoms with Gasteiger partial charge in [-0.05, 0) is 50.1 Å². The molecule has 1 atom stereocenters. The number of anilines is 2. The lowest BCUT2D eigenvalue weighted by Gasteiger charge is -2.32. The maximum absolute atomic E-state index is 13.8. The molecular formula is C23H31FN4O2+2.